The molecule has 0 bridgehead atoms. The molecule has 1 aliphatic rings. The van der Waals surface area contributed by atoms with Crippen LogP contribution in [-0.4, -0.2) is 49.4 Å². The number of amides is 2. The summed E-state index contributed by atoms with van der Waals surface area (Å²) in [7, 11) is 1.94. The highest BCUT2D eigenvalue weighted by molar-refractivity contribution is 6.43. The molecule has 2 amide bonds. The second kappa shape index (κ2) is 8.70. The van der Waals surface area contributed by atoms with Crippen LogP contribution in [0.2, 0.25) is 10.0 Å². The smallest absolute Gasteiger partial charge is 0.253 e. The molecule has 1 aromatic rings. The summed E-state index contributed by atoms with van der Waals surface area (Å²) < 4.78 is 0. The van der Waals surface area contributed by atoms with Crippen molar-refractivity contribution in [2.75, 3.05) is 26.7 Å². The number of benzene rings is 1. The Kier molecular flexibility index (Phi) is 6.90. The van der Waals surface area contributed by atoms with E-state index in [1.807, 2.05) is 11.9 Å². The number of carbonyl (C=O) groups excluding carboxylic acids is 2. The van der Waals surface area contributed by atoms with Gasteiger partial charge in [-0.15, -0.1) is 0 Å². The zero-order valence-corrected chi connectivity index (χ0v) is 15.5. The number of rotatable bonds is 5. The summed E-state index contributed by atoms with van der Waals surface area (Å²) in [4.78, 5) is 26.7. The van der Waals surface area contributed by atoms with Crippen molar-refractivity contribution in [2.24, 2.45) is 5.92 Å². The van der Waals surface area contributed by atoms with E-state index in [1.54, 1.807) is 25.1 Å². The van der Waals surface area contributed by atoms with Gasteiger partial charge >= 0.3 is 0 Å². The van der Waals surface area contributed by atoms with Crippen LogP contribution in [0, 0.1) is 5.92 Å². The standard InChI is InChI=1S/C17H23Cl2N3O2/c1-11(17(24)22-8-6-12(7-9-22)10-20-2)21-16(23)13-4-3-5-14(18)15(13)19/h3-5,11-12,20H,6-10H2,1-2H3,(H,21,23). The molecule has 132 valence electrons. The molecule has 1 heterocycles. The fraction of sp³-hybridized carbons (Fsp3) is 0.529. The Balaban J connectivity index is 1.92. The van der Waals surface area contributed by atoms with Crippen molar-refractivity contribution >= 4 is 35.0 Å². The molecule has 2 N–H and O–H groups in total. The molecule has 1 aliphatic heterocycles. The summed E-state index contributed by atoms with van der Waals surface area (Å²) in [6.07, 6.45) is 1.96. The van der Waals surface area contributed by atoms with E-state index in [0.29, 0.717) is 10.9 Å². The molecular weight excluding hydrogens is 349 g/mol. The van der Waals surface area contributed by atoms with Gasteiger partial charge in [-0.1, -0.05) is 29.3 Å². The Morgan fingerprint density at radius 3 is 2.58 bits per heavy atom. The molecule has 24 heavy (non-hydrogen) atoms. The number of nitrogens with zero attached hydrogens (tertiary/aromatic N) is 1. The quantitative estimate of drug-likeness (QED) is 0.835. The number of hydrogen-bond donors (Lipinski definition) is 2. The Hall–Kier alpha value is -1.30. The zero-order valence-electron chi connectivity index (χ0n) is 13.9. The number of nitrogens with one attached hydrogen (secondary N) is 2. The lowest BCUT2D eigenvalue weighted by molar-refractivity contribution is -0.134. The average molecular weight is 372 g/mol. The average Bonchev–Trinajstić information content (AvgIpc) is 2.57. The normalized spacial score (nSPS) is 16.8. The lowest BCUT2D eigenvalue weighted by Crippen LogP contribution is -2.49. The van der Waals surface area contributed by atoms with E-state index in [4.69, 9.17) is 23.2 Å². The van der Waals surface area contributed by atoms with Gasteiger partial charge in [-0.2, -0.15) is 0 Å². The summed E-state index contributed by atoms with van der Waals surface area (Å²) in [5, 5.41) is 6.40. The fourth-order valence-electron chi connectivity index (χ4n) is 2.94. The molecule has 0 aromatic heterocycles. The highest BCUT2D eigenvalue weighted by Crippen LogP contribution is 2.25. The Labute approximate surface area is 152 Å². The Morgan fingerprint density at radius 1 is 1.29 bits per heavy atom. The minimum absolute atomic E-state index is 0.0654. The third kappa shape index (κ3) is 4.62. The monoisotopic (exact) mass is 371 g/mol. The van der Waals surface area contributed by atoms with E-state index in [9.17, 15) is 9.59 Å². The number of likely N-dealkylation sites (tertiary alicyclic amines) is 1. The van der Waals surface area contributed by atoms with Gasteiger partial charge in [0.1, 0.15) is 6.04 Å². The number of piperidine rings is 1. The molecule has 0 saturated carbocycles. The van der Waals surface area contributed by atoms with E-state index in [1.165, 1.54) is 0 Å². The van der Waals surface area contributed by atoms with Gasteiger partial charge in [-0.25, -0.2) is 0 Å². The molecular formula is C17H23Cl2N3O2. The molecule has 0 spiro atoms. The lowest BCUT2D eigenvalue weighted by atomic mass is 9.96. The lowest BCUT2D eigenvalue weighted by Gasteiger charge is -2.33. The Bertz CT molecular complexity index is 601. The van der Waals surface area contributed by atoms with E-state index in [0.717, 1.165) is 32.5 Å². The molecule has 1 aromatic carbocycles. The Morgan fingerprint density at radius 2 is 1.96 bits per heavy atom. The maximum atomic E-state index is 12.5. The van der Waals surface area contributed by atoms with Gasteiger partial charge in [0.25, 0.3) is 5.91 Å². The van der Waals surface area contributed by atoms with Gasteiger partial charge in [0.2, 0.25) is 5.91 Å². The first-order valence-electron chi connectivity index (χ1n) is 8.12. The zero-order chi connectivity index (χ0) is 17.7. The summed E-state index contributed by atoms with van der Waals surface area (Å²) in [5.41, 5.74) is 0.275. The topological polar surface area (TPSA) is 61.4 Å². The summed E-state index contributed by atoms with van der Waals surface area (Å²) in [5.74, 6) is 0.145. The van der Waals surface area contributed by atoms with Crippen LogP contribution in [0.15, 0.2) is 18.2 Å². The minimum Gasteiger partial charge on any atom is -0.341 e. The van der Waals surface area contributed by atoms with Crippen molar-refractivity contribution in [3.05, 3.63) is 33.8 Å². The van der Waals surface area contributed by atoms with E-state index >= 15 is 0 Å². The highest BCUT2D eigenvalue weighted by atomic mass is 35.5. The van der Waals surface area contributed by atoms with Crippen LogP contribution < -0.4 is 10.6 Å². The fourth-order valence-corrected chi connectivity index (χ4v) is 3.32. The predicted molar refractivity (Wildman–Crippen MR) is 96.6 cm³/mol. The van der Waals surface area contributed by atoms with Crippen LogP contribution in [0.4, 0.5) is 0 Å². The second-order valence-electron chi connectivity index (χ2n) is 6.12. The van der Waals surface area contributed by atoms with E-state index in [-0.39, 0.29) is 16.5 Å². The van der Waals surface area contributed by atoms with Gasteiger partial charge in [-0.3, -0.25) is 9.59 Å². The molecule has 5 nitrogen and oxygen atoms in total. The van der Waals surface area contributed by atoms with Crippen molar-refractivity contribution in [3.8, 4) is 0 Å². The summed E-state index contributed by atoms with van der Waals surface area (Å²) in [6, 6.07) is 4.25. The number of carbonyl (C=O) groups is 2. The molecule has 0 radical (unpaired) electrons. The maximum absolute atomic E-state index is 12.5. The predicted octanol–water partition coefficient (Wildman–Crippen LogP) is 2.57. The van der Waals surface area contributed by atoms with Crippen molar-refractivity contribution in [2.45, 2.75) is 25.8 Å². The molecule has 0 aliphatic carbocycles. The first-order chi connectivity index (χ1) is 11.4. The summed E-state index contributed by atoms with van der Waals surface area (Å²) in [6.45, 7) is 4.12. The number of hydrogen-bond acceptors (Lipinski definition) is 3. The van der Waals surface area contributed by atoms with Crippen LogP contribution in [0.1, 0.15) is 30.1 Å². The van der Waals surface area contributed by atoms with Crippen LogP contribution in [0.3, 0.4) is 0 Å². The van der Waals surface area contributed by atoms with Gasteiger partial charge in [0.15, 0.2) is 0 Å². The summed E-state index contributed by atoms with van der Waals surface area (Å²) >= 11 is 12.0. The number of halogens is 2. The molecule has 2 rings (SSSR count). The SMILES string of the molecule is CNCC1CCN(C(=O)C(C)NC(=O)c2cccc(Cl)c2Cl)CC1. The van der Waals surface area contributed by atoms with Gasteiger partial charge in [-0.05, 0) is 51.4 Å². The minimum atomic E-state index is -0.603. The van der Waals surface area contributed by atoms with Gasteiger partial charge in [0, 0.05) is 13.1 Å². The van der Waals surface area contributed by atoms with E-state index < -0.39 is 11.9 Å². The van der Waals surface area contributed by atoms with Crippen molar-refractivity contribution in [3.63, 3.8) is 0 Å². The van der Waals surface area contributed by atoms with E-state index in [2.05, 4.69) is 10.6 Å². The first kappa shape index (κ1) is 19.0. The molecule has 1 fully saturated rings. The van der Waals surface area contributed by atoms with Crippen molar-refractivity contribution in [1.29, 1.82) is 0 Å². The third-order valence-electron chi connectivity index (χ3n) is 4.33. The molecule has 1 atom stereocenters. The maximum Gasteiger partial charge on any atom is 0.253 e. The molecule has 1 unspecified atom stereocenters. The van der Waals surface area contributed by atoms with Crippen LogP contribution >= 0.6 is 23.2 Å². The first-order valence-corrected chi connectivity index (χ1v) is 8.88. The van der Waals surface area contributed by atoms with Gasteiger partial charge in [0.05, 0.1) is 15.6 Å². The molecule has 7 heteroatoms. The largest absolute Gasteiger partial charge is 0.341 e. The van der Waals surface area contributed by atoms with Crippen molar-refractivity contribution in [1.82, 2.24) is 15.5 Å². The second-order valence-corrected chi connectivity index (χ2v) is 6.91. The highest BCUT2D eigenvalue weighted by Gasteiger charge is 2.27. The molecule has 1 saturated heterocycles. The van der Waals surface area contributed by atoms with Crippen LogP contribution in [0.5, 0.6) is 0 Å². The van der Waals surface area contributed by atoms with Crippen molar-refractivity contribution < 1.29 is 9.59 Å². The van der Waals surface area contributed by atoms with Gasteiger partial charge < -0.3 is 15.5 Å². The van der Waals surface area contributed by atoms with Crippen LogP contribution in [-0.2, 0) is 4.79 Å². The third-order valence-corrected chi connectivity index (χ3v) is 5.15. The van der Waals surface area contributed by atoms with Crippen LogP contribution in [0.25, 0.3) is 0 Å².